The lowest BCUT2D eigenvalue weighted by Gasteiger charge is -2.19. The molecule has 1 saturated carbocycles. The standard InChI is InChI=1S/C24H30N8O3/c1-24(2,3)32-23-17(21(25)28-13-29-23)18(30-32)19-16(20(35-31-19)15-5-6-15)22-26-11-14(12-27-22)7-10-34-9-4-8-33/h11-13,15,33H,4-10H2,1-3H3,(H2,25,28,29). The number of fused-ring (bicyclic) bond motifs is 1. The summed E-state index contributed by atoms with van der Waals surface area (Å²) < 4.78 is 13.2. The van der Waals surface area contributed by atoms with Crippen molar-refractivity contribution in [2.45, 2.75) is 57.9 Å². The normalized spacial score (nSPS) is 14.2. The molecular formula is C24H30N8O3. The van der Waals surface area contributed by atoms with Crippen LogP contribution in [-0.4, -0.2) is 59.8 Å². The Morgan fingerprint density at radius 2 is 1.89 bits per heavy atom. The summed E-state index contributed by atoms with van der Waals surface area (Å²) in [4.78, 5) is 18.0. The van der Waals surface area contributed by atoms with Gasteiger partial charge in [-0.25, -0.2) is 24.6 Å². The Morgan fingerprint density at radius 3 is 2.57 bits per heavy atom. The van der Waals surface area contributed by atoms with Gasteiger partial charge in [0.05, 0.1) is 23.1 Å². The molecule has 184 valence electrons. The van der Waals surface area contributed by atoms with Gasteiger partial charge in [-0.2, -0.15) is 5.10 Å². The summed E-state index contributed by atoms with van der Waals surface area (Å²) in [5, 5.41) is 18.8. The van der Waals surface area contributed by atoms with E-state index >= 15 is 0 Å². The molecular weight excluding hydrogens is 448 g/mol. The van der Waals surface area contributed by atoms with Crippen molar-refractivity contribution >= 4 is 16.9 Å². The summed E-state index contributed by atoms with van der Waals surface area (Å²) in [6.45, 7) is 7.36. The van der Waals surface area contributed by atoms with Crippen molar-refractivity contribution in [2.75, 3.05) is 25.6 Å². The predicted molar refractivity (Wildman–Crippen MR) is 129 cm³/mol. The lowest BCUT2D eigenvalue weighted by atomic mass is 10.1. The van der Waals surface area contributed by atoms with Gasteiger partial charge < -0.3 is 20.1 Å². The Morgan fingerprint density at radius 1 is 1.11 bits per heavy atom. The highest BCUT2D eigenvalue weighted by molar-refractivity contribution is 6.00. The zero-order chi connectivity index (χ0) is 24.6. The average molecular weight is 479 g/mol. The third-order valence-electron chi connectivity index (χ3n) is 5.93. The summed E-state index contributed by atoms with van der Waals surface area (Å²) in [6, 6.07) is 0. The highest BCUT2D eigenvalue weighted by Crippen LogP contribution is 2.47. The number of hydrogen-bond acceptors (Lipinski definition) is 10. The Bertz CT molecular complexity index is 1320. The molecule has 0 saturated heterocycles. The number of nitrogens with two attached hydrogens (primary N) is 1. The second kappa shape index (κ2) is 9.31. The Kier molecular flexibility index (Phi) is 6.20. The van der Waals surface area contributed by atoms with Gasteiger partial charge in [-0.15, -0.1) is 0 Å². The topological polar surface area (TPSA) is 151 Å². The molecule has 1 fully saturated rings. The van der Waals surface area contributed by atoms with Crippen LogP contribution in [-0.2, 0) is 16.7 Å². The maximum Gasteiger partial charge on any atom is 0.165 e. The molecule has 11 heteroatoms. The quantitative estimate of drug-likeness (QED) is 0.343. The largest absolute Gasteiger partial charge is 0.396 e. The number of nitrogens with zero attached hydrogens (tertiary/aromatic N) is 7. The van der Waals surface area contributed by atoms with Crippen LogP contribution < -0.4 is 5.73 Å². The first-order valence-corrected chi connectivity index (χ1v) is 11.9. The summed E-state index contributed by atoms with van der Waals surface area (Å²) >= 11 is 0. The molecule has 1 aliphatic rings. The minimum atomic E-state index is -0.335. The van der Waals surface area contributed by atoms with E-state index in [0.29, 0.717) is 66.0 Å². The van der Waals surface area contributed by atoms with Gasteiger partial charge in [0.15, 0.2) is 17.2 Å². The molecule has 11 nitrogen and oxygen atoms in total. The molecule has 1 aliphatic carbocycles. The van der Waals surface area contributed by atoms with Gasteiger partial charge >= 0.3 is 0 Å². The first kappa shape index (κ1) is 23.3. The summed E-state index contributed by atoms with van der Waals surface area (Å²) in [7, 11) is 0. The summed E-state index contributed by atoms with van der Waals surface area (Å²) in [5.74, 6) is 1.93. The van der Waals surface area contributed by atoms with Crippen LogP contribution in [0.25, 0.3) is 33.8 Å². The van der Waals surface area contributed by atoms with E-state index < -0.39 is 0 Å². The minimum absolute atomic E-state index is 0.128. The van der Waals surface area contributed by atoms with Crippen LogP contribution in [0.3, 0.4) is 0 Å². The fourth-order valence-corrected chi connectivity index (χ4v) is 3.98. The molecule has 4 heterocycles. The molecule has 4 aromatic rings. The van der Waals surface area contributed by atoms with E-state index in [-0.39, 0.29) is 12.1 Å². The molecule has 3 N–H and O–H groups in total. The van der Waals surface area contributed by atoms with Crippen molar-refractivity contribution < 1.29 is 14.4 Å². The second-order valence-electron chi connectivity index (χ2n) is 9.79. The molecule has 0 aliphatic heterocycles. The van der Waals surface area contributed by atoms with Crippen molar-refractivity contribution in [3.63, 3.8) is 0 Å². The molecule has 4 aromatic heterocycles. The van der Waals surface area contributed by atoms with Crippen LogP contribution in [0, 0.1) is 0 Å². The van der Waals surface area contributed by atoms with Gasteiger partial charge in [0.25, 0.3) is 0 Å². The molecule has 0 aromatic carbocycles. The first-order chi connectivity index (χ1) is 16.9. The van der Waals surface area contributed by atoms with Gasteiger partial charge in [0, 0.05) is 31.5 Å². The molecule has 0 atom stereocenters. The number of nitrogen functional groups attached to an aromatic ring is 1. The van der Waals surface area contributed by atoms with Crippen LogP contribution in [0.2, 0.25) is 0 Å². The van der Waals surface area contributed by atoms with Crippen LogP contribution in [0.15, 0.2) is 23.2 Å². The first-order valence-electron chi connectivity index (χ1n) is 11.9. The lowest BCUT2D eigenvalue weighted by molar-refractivity contribution is 0.118. The fourth-order valence-electron chi connectivity index (χ4n) is 3.98. The Labute approximate surface area is 202 Å². The second-order valence-corrected chi connectivity index (χ2v) is 9.79. The highest BCUT2D eigenvalue weighted by atomic mass is 16.5. The van der Waals surface area contributed by atoms with Gasteiger partial charge in [-0.3, -0.25) is 0 Å². The smallest absolute Gasteiger partial charge is 0.165 e. The van der Waals surface area contributed by atoms with Crippen molar-refractivity contribution in [2.24, 2.45) is 0 Å². The molecule has 0 radical (unpaired) electrons. The number of rotatable bonds is 9. The van der Waals surface area contributed by atoms with Crippen molar-refractivity contribution in [3.05, 3.63) is 30.0 Å². The van der Waals surface area contributed by atoms with E-state index in [1.165, 1.54) is 6.33 Å². The molecule has 5 rings (SSSR count). The zero-order valence-electron chi connectivity index (χ0n) is 20.2. The van der Waals surface area contributed by atoms with Crippen LogP contribution in [0.5, 0.6) is 0 Å². The monoisotopic (exact) mass is 478 g/mol. The molecule has 0 amide bonds. The van der Waals surface area contributed by atoms with Crippen LogP contribution >= 0.6 is 0 Å². The van der Waals surface area contributed by atoms with Crippen molar-refractivity contribution in [1.82, 2.24) is 34.9 Å². The Balaban J connectivity index is 1.55. The van der Waals surface area contributed by atoms with E-state index in [1.807, 2.05) is 4.68 Å². The van der Waals surface area contributed by atoms with Crippen LogP contribution in [0.4, 0.5) is 5.82 Å². The molecule has 35 heavy (non-hydrogen) atoms. The van der Waals surface area contributed by atoms with Gasteiger partial charge in [0.2, 0.25) is 0 Å². The third kappa shape index (κ3) is 4.61. The third-order valence-corrected chi connectivity index (χ3v) is 5.93. The number of anilines is 1. The number of aliphatic hydroxyl groups is 1. The van der Waals surface area contributed by atoms with E-state index in [4.69, 9.17) is 25.2 Å². The molecule has 0 bridgehead atoms. The van der Waals surface area contributed by atoms with Crippen molar-refractivity contribution in [1.29, 1.82) is 0 Å². The average Bonchev–Trinajstić information content (AvgIpc) is 3.44. The zero-order valence-corrected chi connectivity index (χ0v) is 20.2. The summed E-state index contributed by atoms with van der Waals surface area (Å²) in [6.07, 6.45) is 8.43. The number of aliphatic hydroxyl groups excluding tert-OH is 1. The van der Waals surface area contributed by atoms with E-state index in [2.05, 4.69) is 45.9 Å². The lowest BCUT2D eigenvalue weighted by Crippen LogP contribution is -2.23. The van der Waals surface area contributed by atoms with Gasteiger partial charge in [-0.1, -0.05) is 5.16 Å². The van der Waals surface area contributed by atoms with Gasteiger partial charge in [-0.05, 0) is 52.0 Å². The van der Waals surface area contributed by atoms with Crippen LogP contribution in [0.1, 0.15) is 57.3 Å². The maximum atomic E-state index is 8.86. The minimum Gasteiger partial charge on any atom is -0.396 e. The van der Waals surface area contributed by atoms with Gasteiger partial charge in [0.1, 0.15) is 23.5 Å². The van der Waals surface area contributed by atoms with E-state index in [0.717, 1.165) is 29.7 Å². The Hall–Kier alpha value is -3.44. The number of aromatic nitrogens is 7. The summed E-state index contributed by atoms with van der Waals surface area (Å²) in [5.41, 5.74) is 9.40. The van der Waals surface area contributed by atoms with E-state index in [9.17, 15) is 0 Å². The predicted octanol–water partition coefficient (Wildman–Crippen LogP) is 3.09. The molecule has 0 unspecified atom stereocenters. The molecule has 0 spiro atoms. The van der Waals surface area contributed by atoms with Crippen molar-refractivity contribution in [3.8, 4) is 22.8 Å². The van der Waals surface area contributed by atoms with E-state index in [1.54, 1.807) is 12.4 Å². The SMILES string of the molecule is CC(C)(C)n1nc(-c2noc(C3CC3)c2-c2ncc(CCOCCCO)cn2)c2c(N)ncnc21. The number of ether oxygens (including phenoxy) is 1. The highest BCUT2D eigenvalue weighted by Gasteiger charge is 2.36. The number of hydrogen-bond donors (Lipinski definition) is 2. The fraction of sp³-hybridized carbons (Fsp3) is 0.500. The maximum absolute atomic E-state index is 8.86.